The Morgan fingerprint density at radius 2 is 2.00 bits per heavy atom. The fraction of sp³-hybridized carbons (Fsp3) is 0.588. The summed E-state index contributed by atoms with van der Waals surface area (Å²) in [5.74, 6) is 0.128. The zero-order valence-electron chi connectivity index (χ0n) is 12.8. The van der Waals surface area contributed by atoms with Crippen molar-refractivity contribution in [3.63, 3.8) is 0 Å². The predicted molar refractivity (Wildman–Crippen MR) is 82.4 cm³/mol. The van der Waals surface area contributed by atoms with Crippen LogP contribution in [-0.4, -0.2) is 29.4 Å². The van der Waals surface area contributed by atoms with Crippen LogP contribution in [0.15, 0.2) is 24.3 Å². The third-order valence-electron chi connectivity index (χ3n) is 4.43. The molecule has 0 aliphatic carbocycles. The summed E-state index contributed by atoms with van der Waals surface area (Å²) in [4.78, 5) is 14.5. The van der Waals surface area contributed by atoms with E-state index in [2.05, 4.69) is 31.2 Å². The van der Waals surface area contributed by atoms with Crippen molar-refractivity contribution in [1.29, 1.82) is 0 Å². The van der Waals surface area contributed by atoms with Crippen LogP contribution in [0.25, 0.3) is 0 Å². The summed E-state index contributed by atoms with van der Waals surface area (Å²) >= 11 is 0. The summed E-state index contributed by atoms with van der Waals surface area (Å²) < 4.78 is 0. The van der Waals surface area contributed by atoms with Crippen LogP contribution in [0.3, 0.4) is 0 Å². The highest BCUT2D eigenvalue weighted by molar-refractivity contribution is 5.79. The number of carbonyl (C=O) groups excluding carboxylic acids is 1. The van der Waals surface area contributed by atoms with E-state index < -0.39 is 0 Å². The molecule has 0 radical (unpaired) electrons. The molecule has 0 spiro atoms. The van der Waals surface area contributed by atoms with Crippen LogP contribution >= 0.6 is 0 Å². The van der Waals surface area contributed by atoms with Gasteiger partial charge < -0.3 is 10.6 Å². The Morgan fingerprint density at radius 3 is 2.60 bits per heavy atom. The molecule has 1 aromatic rings. The SMILES string of the molecule is Cc1ccc(CC2CCCN2C(=O)C(C)C(C)N)cc1. The monoisotopic (exact) mass is 274 g/mol. The number of nitrogens with zero attached hydrogens (tertiary/aromatic N) is 1. The average molecular weight is 274 g/mol. The first-order valence-electron chi connectivity index (χ1n) is 7.60. The van der Waals surface area contributed by atoms with Crippen molar-refractivity contribution >= 4 is 5.91 Å². The van der Waals surface area contributed by atoms with Crippen LogP contribution in [0.4, 0.5) is 0 Å². The maximum atomic E-state index is 12.5. The van der Waals surface area contributed by atoms with Crippen LogP contribution in [0.2, 0.25) is 0 Å². The van der Waals surface area contributed by atoms with Gasteiger partial charge in [-0.25, -0.2) is 0 Å². The van der Waals surface area contributed by atoms with Gasteiger partial charge >= 0.3 is 0 Å². The smallest absolute Gasteiger partial charge is 0.227 e. The molecular formula is C17H26N2O. The van der Waals surface area contributed by atoms with E-state index in [0.29, 0.717) is 6.04 Å². The van der Waals surface area contributed by atoms with Crippen LogP contribution < -0.4 is 5.73 Å². The minimum absolute atomic E-state index is 0.0804. The number of aryl methyl sites for hydroxylation is 1. The normalized spacial score (nSPS) is 21.8. The zero-order chi connectivity index (χ0) is 14.7. The Bertz CT molecular complexity index is 453. The van der Waals surface area contributed by atoms with E-state index in [0.717, 1.165) is 25.8 Å². The fourth-order valence-electron chi connectivity index (χ4n) is 2.82. The third kappa shape index (κ3) is 3.40. The molecule has 3 unspecified atom stereocenters. The second-order valence-electron chi connectivity index (χ2n) is 6.17. The summed E-state index contributed by atoms with van der Waals surface area (Å²) in [6, 6.07) is 8.88. The molecule has 1 aromatic carbocycles. The lowest BCUT2D eigenvalue weighted by Crippen LogP contribution is -2.44. The molecule has 1 fully saturated rings. The summed E-state index contributed by atoms with van der Waals surface area (Å²) in [7, 11) is 0. The standard InChI is InChI=1S/C17H26N2O/c1-12-6-8-15(9-7-12)11-16-5-4-10-19(16)17(20)13(2)14(3)18/h6-9,13-14,16H,4-5,10-11,18H2,1-3H3. The Labute approximate surface area is 122 Å². The number of hydrogen-bond donors (Lipinski definition) is 1. The Balaban J connectivity index is 2.04. The Kier molecular flexibility index (Phi) is 4.81. The molecule has 2 rings (SSSR count). The number of nitrogens with two attached hydrogens (primary N) is 1. The molecule has 1 aliphatic heterocycles. The van der Waals surface area contributed by atoms with Gasteiger partial charge in [0.25, 0.3) is 0 Å². The van der Waals surface area contributed by atoms with Gasteiger partial charge in [-0.2, -0.15) is 0 Å². The summed E-state index contributed by atoms with van der Waals surface area (Å²) in [5, 5.41) is 0. The van der Waals surface area contributed by atoms with Gasteiger partial charge in [0.05, 0.1) is 5.92 Å². The van der Waals surface area contributed by atoms with Crippen LogP contribution in [-0.2, 0) is 11.2 Å². The molecule has 1 aliphatic rings. The van der Waals surface area contributed by atoms with Crippen molar-refractivity contribution in [3.8, 4) is 0 Å². The highest BCUT2D eigenvalue weighted by Gasteiger charge is 2.32. The molecule has 110 valence electrons. The van der Waals surface area contributed by atoms with E-state index in [1.165, 1.54) is 11.1 Å². The van der Waals surface area contributed by atoms with E-state index in [4.69, 9.17) is 5.73 Å². The number of carbonyl (C=O) groups is 1. The maximum absolute atomic E-state index is 12.5. The minimum atomic E-state index is -0.0892. The van der Waals surface area contributed by atoms with E-state index in [-0.39, 0.29) is 17.9 Å². The maximum Gasteiger partial charge on any atom is 0.227 e. The molecule has 0 aromatic heterocycles. The van der Waals surface area contributed by atoms with Crippen molar-refractivity contribution in [3.05, 3.63) is 35.4 Å². The van der Waals surface area contributed by atoms with Crippen LogP contribution in [0.1, 0.15) is 37.8 Å². The summed E-state index contributed by atoms with van der Waals surface area (Å²) in [5.41, 5.74) is 8.46. The lowest BCUT2D eigenvalue weighted by molar-refractivity contribution is -0.136. The molecule has 1 amide bonds. The molecule has 2 N–H and O–H groups in total. The van der Waals surface area contributed by atoms with Gasteiger partial charge in [-0.05, 0) is 38.7 Å². The summed E-state index contributed by atoms with van der Waals surface area (Å²) in [6.45, 7) is 6.83. The first kappa shape index (κ1) is 15.0. The van der Waals surface area contributed by atoms with Gasteiger partial charge in [-0.15, -0.1) is 0 Å². The lowest BCUT2D eigenvalue weighted by atomic mass is 9.99. The molecule has 1 heterocycles. The van der Waals surface area contributed by atoms with Crippen molar-refractivity contribution in [2.24, 2.45) is 11.7 Å². The molecule has 3 nitrogen and oxygen atoms in total. The first-order valence-corrected chi connectivity index (χ1v) is 7.60. The molecule has 0 bridgehead atoms. The molecule has 1 saturated heterocycles. The Hall–Kier alpha value is -1.35. The Morgan fingerprint density at radius 1 is 1.35 bits per heavy atom. The number of likely N-dealkylation sites (tertiary alicyclic amines) is 1. The second-order valence-corrected chi connectivity index (χ2v) is 6.17. The van der Waals surface area contributed by atoms with Gasteiger partial charge in [0.2, 0.25) is 5.91 Å². The number of amides is 1. The van der Waals surface area contributed by atoms with Crippen molar-refractivity contribution in [2.75, 3.05) is 6.54 Å². The number of rotatable bonds is 4. The highest BCUT2D eigenvalue weighted by Crippen LogP contribution is 2.24. The van der Waals surface area contributed by atoms with Crippen LogP contribution in [0.5, 0.6) is 0 Å². The van der Waals surface area contributed by atoms with E-state index >= 15 is 0 Å². The van der Waals surface area contributed by atoms with Crippen molar-refractivity contribution in [2.45, 2.75) is 52.1 Å². The molecule has 3 heteroatoms. The molecular weight excluding hydrogens is 248 g/mol. The highest BCUT2D eigenvalue weighted by atomic mass is 16.2. The average Bonchev–Trinajstić information content (AvgIpc) is 2.87. The lowest BCUT2D eigenvalue weighted by Gasteiger charge is -2.29. The van der Waals surface area contributed by atoms with Crippen LogP contribution in [0, 0.1) is 12.8 Å². The van der Waals surface area contributed by atoms with Gasteiger partial charge in [0, 0.05) is 18.6 Å². The zero-order valence-corrected chi connectivity index (χ0v) is 12.8. The van der Waals surface area contributed by atoms with Gasteiger partial charge in [-0.1, -0.05) is 36.8 Å². The summed E-state index contributed by atoms with van der Waals surface area (Å²) in [6.07, 6.45) is 3.16. The van der Waals surface area contributed by atoms with Gasteiger partial charge in [0.1, 0.15) is 0 Å². The van der Waals surface area contributed by atoms with Crippen molar-refractivity contribution in [1.82, 2.24) is 4.90 Å². The fourth-order valence-corrected chi connectivity index (χ4v) is 2.82. The number of benzene rings is 1. The molecule has 3 atom stereocenters. The second kappa shape index (κ2) is 6.40. The van der Waals surface area contributed by atoms with Gasteiger partial charge in [-0.3, -0.25) is 4.79 Å². The van der Waals surface area contributed by atoms with E-state index in [1.807, 2.05) is 18.7 Å². The minimum Gasteiger partial charge on any atom is -0.339 e. The predicted octanol–water partition coefficient (Wildman–Crippen LogP) is 2.51. The van der Waals surface area contributed by atoms with Gasteiger partial charge in [0.15, 0.2) is 0 Å². The number of hydrogen-bond acceptors (Lipinski definition) is 2. The topological polar surface area (TPSA) is 46.3 Å². The largest absolute Gasteiger partial charge is 0.339 e. The van der Waals surface area contributed by atoms with E-state index in [9.17, 15) is 4.79 Å². The first-order chi connectivity index (χ1) is 9.49. The third-order valence-corrected chi connectivity index (χ3v) is 4.43. The van der Waals surface area contributed by atoms with E-state index in [1.54, 1.807) is 0 Å². The van der Waals surface area contributed by atoms with Crippen molar-refractivity contribution < 1.29 is 4.79 Å². The quantitative estimate of drug-likeness (QED) is 0.917. The molecule has 0 saturated carbocycles. The molecule has 20 heavy (non-hydrogen) atoms.